The van der Waals surface area contributed by atoms with Crippen molar-refractivity contribution in [2.24, 2.45) is 0 Å². The van der Waals surface area contributed by atoms with E-state index in [-0.39, 0.29) is 5.41 Å². The molecule has 1 heterocycles. The van der Waals surface area contributed by atoms with Crippen LogP contribution in [-0.2, 0) is 5.41 Å². The second-order valence-corrected chi connectivity index (χ2v) is 14.6. The second kappa shape index (κ2) is 11.9. The van der Waals surface area contributed by atoms with Crippen LogP contribution in [0.3, 0.4) is 0 Å². The van der Waals surface area contributed by atoms with Crippen molar-refractivity contribution in [2.45, 2.75) is 19.3 Å². The third kappa shape index (κ3) is 4.81. The van der Waals surface area contributed by atoms with Gasteiger partial charge in [0.15, 0.2) is 0 Å². The Balaban J connectivity index is 1.25. The molecule has 8 aromatic rings. The highest BCUT2D eigenvalue weighted by Crippen LogP contribution is 2.54. The lowest BCUT2D eigenvalue weighted by molar-refractivity contribution is 0.426. The quantitative estimate of drug-likeness (QED) is 0.174. The van der Waals surface area contributed by atoms with Gasteiger partial charge in [0, 0.05) is 42.4 Å². The summed E-state index contributed by atoms with van der Waals surface area (Å²) < 4.78 is 2.56. The molecular formula is C45H34BNO2S. The Hall–Kier alpha value is -5.46. The molecule has 50 heavy (non-hydrogen) atoms. The van der Waals surface area contributed by atoms with E-state index >= 15 is 0 Å². The molecule has 1 aliphatic rings. The lowest BCUT2D eigenvalue weighted by Gasteiger charge is -2.34. The van der Waals surface area contributed by atoms with E-state index in [1.807, 2.05) is 29.5 Å². The number of anilines is 3. The summed E-state index contributed by atoms with van der Waals surface area (Å²) >= 11 is 1.83. The van der Waals surface area contributed by atoms with Gasteiger partial charge in [-0.3, -0.25) is 0 Å². The number of nitrogens with zero attached hydrogens (tertiary/aromatic N) is 1. The van der Waals surface area contributed by atoms with E-state index < -0.39 is 7.12 Å². The van der Waals surface area contributed by atoms with Crippen LogP contribution >= 0.6 is 11.3 Å². The minimum Gasteiger partial charge on any atom is -0.423 e. The zero-order valence-corrected chi connectivity index (χ0v) is 28.7. The summed E-state index contributed by atoms with van der Waals surface area (Å²) in [6.07, 6.45) is 0. The van der Waals surface area contributed by atoms with Gasteiger partial charge in [0.1, 0.15) is 0 Å². The molecule has 7 aromatic carbocycles. The molecule has 1 aliphatic carbocycles. The highest BCUT2D eigenvalue weighted by atomic mass is 32.1. The Morgan fingerprint density at radius 1 is 0.520 bits per heavy atom. The highest BCUT2D eigenvalue weighted by Gasteiger charge is 2.41. The van der Waals surface area contributed by atoms with Crippen molar-refractivity contribution in [1.29, 1.82) is 0 Å². The molecule has 0 fully saturated rings. The Morgan fingerprint density at radius 3 is 1.86 bits per heavy atom. The lowest BCUT2D eigenvalue weighted by Crippen LogP contribution is -2.36. The molecule has 5 heteroatoms. The van der Waals surface area contributed by atoms with Crippen LogP contribution < -0.4 is 10.4 Å². The topological polar surface area (TPSA) is 43.7 Å². The van der Waals surface area contributed by atoms with Crippen LogP contribution in [0.5, 0.6) is 0 Å². The summed E-state index contributed by atoms with van der Waals surface area (Å²) in [6.45, 7) is 4.47. The van der Waals surface area contributed by atoms with Gasteiger partial charge in [-0.15, -0.1) is 11.3 Å². The molecule has 3 nitrogen and oxygen atoms in total. The molecule has 0 bridgehead atoms. The molecule has 0 saturated carbocycles. The average Bonchev–Trinajstić information content (AvgIpc) is 3.65. The molecule has 0 aliphatic heterocycles. The Morgan fingerprint density at radius 2 is 1.12 bits per heavy atom. The molecular weight excluding hydrogens is 629 g/mol. The third-order valence-electron chi connectivity index (χ3n) is 10.3. The first kappa shape index (κ1) is 30.6. The van der Waals surface area contributed by atoms with E-state index in [1.54, 1.807) is 0 Å². The van der Waals surface area contributed by atoms with Crippen LogP contribution in [0.25, 0.3) is 53.6 Å². The molecule has 9 rings (SSSR count). The molecule has 0 amide bonds. The van der Waals surface area contributed by atoms with Crippen molar-refractivity contribution in [3.8, 4) is 33.4 Å². The maximum atomic E-state index is 10.9. The first-order valence-corrected chi connectivity index (χ1v) is 17.8. The molecule has 2 N–H and O–H groups in total. The van der Waals surface area contributed by atoms with Gasteiger partial charge in [0.2, 0.25) is 0 Å². The number of benzene rings is 7. The van der Waals surface area contributed by atoms with Crippen molar-refractivity contribution in [1.82, 2.24) is 0 Å². The highest BCUT2D eigenvalue weighted by molar-refractivity contribution is 7.26. The minimum absolute atomic E-state index is 0.384. The van der Waals surface area contributed by atoms with Crippen LogP contribution in [0, 0.1) is 0 Å². The fourth-order valence-corrected chi connectivity index (χ4v) is 9.15. The van der Waals surface area contributed by atoms with Crippen molar-refractivity contribution >= 4 is 61.2 Å². The SMILES string of the molecule is CC1(C)c2ccccc2-c2ccc(B(O)O)c(N(c3ccc(-c4ccccc4)cc3)c3ccc(-c4cccc5c4sc4ccccc45)cc3)c21. The van der Waals surface area contributed by atoms with E-state index in [0.29, 0.717) is 5.46 Å². The van der Waals surface area contributed by atoms with Crippen molar-refractivity contribution < 1.29 is 10.0 Å². The summed E-state index contributed by atoms with van der Waals surface area (Å²) in [4.78, 5) is 2.21. The predicted molar refractivity (Wildman–Crippen MR) is 212 cm³/mol. The summed E-state index contributed by atoms with van der Waals surface area (Å²) in [6, 6.07) is 55.3. The van der Waals surface area contributed by atoms with Crippen molar-refractivity contribution in [2.75, 3.05) is 4.90 Å². The van der Waals surface area contributed by atoms with E-state index in [1.165, 1.54) is 36.9 Å². The summed E-state index contributed by atoms with van der Waals surface area (Å²) in [7, 11) is -1.66. The Kier molecular flexibility index (Phi) is 7.25. The standard InChI is InChI=1S/C45H34BNO2S/c1-45(2)39-17-8-6-13-35(39)37-27-28-40(46(48)49)43(42(37)45)47(32-23-19-30(20-24-32)29-11-4-3-5-12-29)33-25-21-31(22-26-33)34-15-10-16-38-36-14-7-9-18-41(36)50-44(34)38/h3-28,48-49H,1-2H3. The second-order valence-electron chi connectivity index (χ2n) is 13.5. The van der Waals surface area contributed by atoms with E-state index in [0.717, 1.165) is 44.9 Å². The molecule has 0 radical (unpaired) electrons. The third-order valence-corrected chi connectivity index (χ3v) is 11.5. The maximum absolute atomic E-state index is 10.9. The van der Waals surface area contributed by atoms with Crippen molar-refractivity contribution in [3.63, 3.8) is 0 Å². The largest absolute Gasteiger partial charge is 0.490 e. The maximum Gasteiger partial charge on any atom is 0.490 e. The zero-order chi connectivity index (χ0) is 34.0. The van der Waals surface area contributed by atoms with Crippen molar-refractivity contribution in [3.05, 3.63) is 169 Å². The summed E-state index contributed by atoms with van der Waals surface area (Å²) in [5.41, 5.74) is 12.0. The molecule has 0 unspecified atom stereocenters. The normalized spacial score (nSPS) is 13.0. The minimum atomic E-state index is -1.66. The van der Waals surface area contributed by atoms with E-state index in [9.17, 15) is 10.0 Å². The van der Waals surface area contributed by atoms with Gasteiger partial charge in [-0.2, -0.15) is 0 Å². The molecule has 0 saturated heterocycles. The fraction of sp³-hybridized carbons (Fsp3) is 0.0667. The monoisotopic (exact) mass is 663 g/mol. The van der Waals surface area contributed by atoms with Crippen LogP contribution in [-0.4, -0.2) is 17.2 Å². The van der Waals surface area contributed by atoms with Crippen LogP contribution in [0.15, 0.2) is 158 Å². The number of thiophene rings is 1. The van der Waals surface area contributed by atoms with Gasteiger partial charge in [-0.1, -0.05) is 141 Å². The number of fused-ring (bicyclic) bond motifs is 6. The lowest BCUT2D eigenvalue weighted by atomic mass is 9.72. The first-order valence-electron chi connectivity index (χ1n) is 17.0. The predicted octanol–water partition coefficient (Wildman–Crippen LogP) is 10.8. The zero-order valence-electron chi connectivity index (χ0n) is 27.8. The Bertz CT molecular complexity index is 2540. The smallest absolute Gasteiger partial charge is 0.423 e. The van der Waals surface area contributed by atoms with Gasteiger partial charge >= 0.3 is 7.12 Å². The molecule has 0 atom stereocenters. The first-order chi connectivity index (χ1) is 24.4. The number of hydrogen-bond donors (Lipinski definition) is 2. The molecule has 0 spiro atoms. The van der Waals surface area contributed by atoms with Gasteiger partial charge in [0.25, 0.3) is 0 Å². The number of hydrogen-bond acceptors (Lipinski definition) is 4. The fourth-order valence-electron chi connectivity index (χ4n) is 7.92. The average molecular weight is 664 g/mol. The van der Waals surface area contributed by atoms with Gasteiger partial charge in [0.05, 0.1) is 5.69 Å². The van der Waals surface area contributed by atoms with E-state index in [4.69, 9.17) is 0 Å². The van der Waals surface area contributed by atoms with Crippen LogP contribution in [0.2, 0.25) is 0 Å². The Labute approximate surface area is 296 Å². The van der Waals surface area contributed by atoms with E-state index in [2.05, 4.69) is 158 Å². The van der Waals surface area contributed by atoms with Gasteiger partial charge in [-0.05, 0) is 74.8 Å². The van der Waals surface area contributed by atoms with Crippen LogP contribution in [0.1, 0.15) is 25.0 Å². The summed E-state index contributed by atoms with van der Waals surface area (Å²) in [5.74, 6) is 0. The molecule has 240 valence electrons. The molecule has 1 aromatic heterocycles. The summed E-state index contributed by atoms with van der Waals surface area (Å²) in [5, 5.41) is 24.4. The van der Waals surface area contributed by atoms with Gasteiger partial charge < -0.3 is 14.9 Å². The number of rotatable bonds is 6. The van der Waals surface area contributed by atoms with Gasteiger partial charge in [-0.25, -0.2) is 0 Å². The van der Waals surface area contributed by atoms with Crippen LogP contribution in [0.4, 0.5) is 17.1 Å².